The maximum absolute atomic E-state index is 11.7. The number of esters is 1. The second-order valence-electron chi connectivity index (χ2n) is 5.70. The average Bonchev–Trinajstić information content (AvgIpc) is 2.69. The summed E-state index contributed by atoms with van der Waals surface area (Å²) in [4.78, 5) is 11.7. The Morgan fingerprint density at radius 3 is 2.81 bits per heavy atom. The molecule has 1 aromatic carbocycles. The zero-order chi connectivity index (χ0) is 18.6. The molecule has 0 saturated carbocycles. The van der Waals surface area contributed by atoms with E-state index < -0.39 is 12.4 Å². The molecule has 0 aliphatic carbocycles. The van der Waals surface area contributed by atoms with Gasteiger partial charge in [-0.1, -0.05) is 42.5 Å². The van der Waals surface area contributed by atoms with Gasteiger partial charge in [0.2, 0.25) is 0 Å². The zero-order valence-corrected chi connectivity index (χ0v) is 14.7. The fourth-order valence-corrected chi connectivity index (χ4v) is 2.36. The van der Waals surface area contributed by atoms with Crippen molar-refractivity contribution in [2.75, 3.05) is 13.2 Å². The highest BCUT2D eigenvalue weighted by molar-refractivity contribution is 5.69. The Hall–Kier alpha value is -2.39. The van der Waals surface area contributed by atoms with Crippen molar-refractivity contribution < 1.29 is 23.7 Å². The predicted molar refractivity (Wildman–Crippen MR) is 98.0 cm³/mol. The SMILES string of the molecule is C#CCCC(=O)OC[C@H]1O[C@H](OCc2ccccc2)C=C[C@@H]1OCC=C. The summed E-state index contributed by atoms with van der Waals surface area (Å²) >= 11 is 0. The van der Waals surface area contributed by atoms with Gasteiger partial charge in [0, 0.05) is 6.42 Å². The van der Waals surface area contributed by atoms with Crippen molar-refractivity contribution in [2.24, 2.45) is 0 Å². The number of benzene rings is 1. The highest BCUT2D eigenvalue weighted by atomic mass is 16.7. The minimum absolute atomic E-state index is 0.0702. The minimum atomic E-state index is -0.534. The molecule has 0 saturated heterocycles. The molecule has 26 heavy (non-hydrogen) atoms. The second-order valence-corrected chi connectivity index (χ2v) is 5.70. The standard InChI is InChI=1S/C21H24O5/c1-3-5-11-20(22)24-16-19-18(23-14-4-2)12-13-21(26-19)25-15-17-9-7-6-8-10-17/h1,4,6-10,12-13,18-19,21H,2,5,11,14-16H2/t18-,19+,21-/m0/s1. The number of terminal acetylenes is 1. The summed E-state index contributed by atoms with van der Waals surface area (Å²) in [6, 6.07) is 9.81. The minimum Gasteiger partial charge on any atom is -0.463 e. The third kappa shape index (κ3) is 6.85. The van der Waals surface area contributed by atoms with Crippen molar-refractivity contribution in [3.63, 3.8) is 0 Å². The second kappa shape index (κ2) is 11.3. The van der Waals surface area contributed by atoms with E-state index in [1.165, 1.54) is 0 Å². The summed E-state index contributed by atoms with van der Waals surface area (Å²) in [6.45, 7) is 4.50. The van der Waals surface area contributed by atoms with Crippen LogP contribution in [-0.4, -0.2) is 37.7 Å². The van der Waals surface area contributed by atoms with E-state index in [-0.39, 0.29) is 25.1 Å². The molecule has 1 aliphatic heterocycles. The van der Waals surface area contributed by atoms with E-state index in [1.54, 1.807) is 12.2 Å². The molecule has 1 aromatic rings. The van der Waals surface area contributed by atoms with E-state index in [0.717, 1.165) is 5.56 Å². The molecule has 0 aromatic heterocycles. The maximum Gasteiger partial charge on any atom is 0.306 e. The summed E-state index contributed by atoms with van der Waals surface area (Å²) in [5, 5.41) is 0. The van der Waals surface area contributed by atoms with E-state index in [2.05, 4.69) is 12.5 Å². The van der Waals surface area contributed by atoms with Gasteiger partial charge in [-0.2, -0.15) is 0 Å². The van der Waals surface area contributed by atoms with E-state index in [4.69, 9.17) is 25.4 Å². The molecule has 138 valence electrons. The van der Waals surface area contributed by atoms with Crippen LogP contribution >= 0.6 is 0 Å². The Balaban J connectivity index is 1.89. The molecule has 1 aliphatic rings. The molecular weight excluding hydrogens is 332 g/mol. The number of carbonyl (C=O) groups is 1. The summed E-state index contributed by atoms with van der Waals surface area (Å²) < 4.78 is 22.6. The first-order chi connectivity index (χ1) is 12.7. The van der Waals surface area contributed by atoms with Gasteiger partial charge in [-0.25, -0.2) is 0 Å². The number of hydrogen-bond donors (Lipinski definition) is 0. The van der Waals surface area contributed by atoms with E-state index in [9.17, 15) is 4.79 Å². The van der Waals surface area contributed by atoms with Gasteiger partial charge in [-0.3, -0.25) is 4.79 Å². The summed E-state index contributed by atoms with van der Waals surface area (Å²) in [6.07, 6.45) is 9.67. The fourth-order valence-electron chi connectivity index (χ4n) is 2.36. The lowest BCUT2D eigenvalue weighted by molar-refractivity contribution is -0.197. The largest absolute Gasteiger partial charge is 0.463 e. The quantitative estimate of drug-likeness (QED) is 0.366. The van der Waals surface area contributed by atoms with E-state index in [1.807, 2.05) is 36.4 Å². The van der Waals surface area contributed by atoms with Crippen molar-refractivity contribution in [3.8, 4) is 12.3 Å². The van der Waals surface area contributed by atoms with Crippen molar-refractivity contribution in [1.29, 1.82) is 0 Å². The van der Waals surface area contributed by atoms with Crippen LogP contribution in [-0.2, 0) is 30.3 Å². The molecule has 0 N–H and O–H groups in total. The van der Waals surface area contributed by atoms with Crippen LogP contribution in [0.5, 0.6) is 0 Å². The van der Waals surface area contributed by atoms with Crippen LogP contribution in [0.15, 0.2) is 55.1 Å². The third-order valence-corrected chi connectivity index (χ3v) is 3.68. The third-order valence-electron chi connectivity index (χ3n) is 3.68. The van der Waals surface area contributed by atoms with Gasteiger partial charge in [-0.15, -0.1) is 18.9 Å². The van der Waals surface area contributed by atoms with Crippen molar-refractivity contribution in [1.82, 2.24) is 0 Å². The Kier molecular flexibility index (Phi) is 8.64. The van der Waals surface area contributed by atoms with Crippen LogP contribution in [0.25, 0.3) is 0 Å². The number of ether oxygens (including phenoxy) is 4. The smallest absolute Gasteiger partial charge is 0.306 e. The molecule has 3 atom stereocenters. The van der Waals surface area contributed by atoms with E-state index in [0.29, 0.717) is 19.6 Å². The summed E-state index contributed by atoms with van der Waals surface area (Å²) in [5.41, 5.74) is 1.05. The lowest BCUT2D eigenvalue weighted by Crippen LogP contribution is -2.41. The number of hydrogen-bond acceptors (Lipinski definition) is 5. The molecule has 0 amide bonds. The first-order valence-electron chi connectivity index (χ1n) is 8.54. The van der Waals surface area contributed by atoms with Crippen LogP contribution in [0.2, 0.25) is 0 Å². The lowest BCUT2D eigenvalue weighted by Gasteiger charge is -2.31. The molecule has 0 spiro atoms. The van der Waals surface area contributed by atoms with Gasteiger partial charge in [0.15, 0.2) is 6.29 Å². The number of rotatable bonds is 10. The molecule has 5 heteroatoms. The topological polar surface area (TPSA) is 54.0 Å². The fraction of sp³-hybridized carbons (Fsp3) is 0.381. The highest BCUT2D eigenvalue weighted by Crippen LogP contribution is 2.19. The maximum atomic E-state index is 11.7. The Morgan fingerprint density at radius 1 is 1.27 bits per heavy atom. The Morgan fingerprint density at radius 2 is 2.08 bits per heavy atom. The Bertz CT molecular complexity index is 632. The lowest BCUT2D eigenvalue weighted by atomic mass is 10.1. The van der Waals surface area contributed by atoms with Crippen LogP contribution in [0, 0.1) is 12.3 Å². The first-order valence-corrected chi connectivity index (χ1v) is 8.54. The van der Waals surface area contributed by atoms with Gasteiger partial charge >= 0.3 is 5.97 Å². The Labute approximate surface area is 154 Å². The molecule has 0 unspecified atom stereocenters. The average molecular weight is 356 g/mol. The number of carbonyl (C=O) groups excluding carboxylic acids is 1. The summed E-state index contributed by atoms with van der Waals surface area (Å²) in [5.74, 6) is 2.06. The van der Waals surface area contributed by atoms with Crippen LogP contribution < -0.4 is 0 Å². The monoisotopic (exact) mass is 356 g/mol. The van der Waals surface area contributed by atoms with Crippen molar-refractivity contribution >= 4 is 5.97 Å². The zero-order valence-electron chi connectivity index (χ0n) is 14.7. The van der Waals surface area contributed by atoms with Gasteiger partial charge in [0.25, 0.3) is 0 Å². The highest BCUT2D eigenvalue weighted by Gasteiger charge is 2.29. The molecule has 5 nitrogen and oxygen atoms in total. The van der Waals surface area contributed by atoms with Crippen LogP contribution in [0.4, 0.5) is 0 Å². The van der Waals surface area contributed by atoms with Crippen LogP contribution in [0.1, 0.15) is 18.4 Å². The van der Waals surface area contributed by atoms with Gasteiger partial charge in [0.05, 0.1) is 19.6 Å². The molecule has 1 heterocycles. The summed E-state index contributed by atoms with van der Waals surface area (Å²) in [7, 11) is 0. The van der Waals surface area contributed by atoms with Gasteiger partial charge in [0.1, 0.15) is 18.8 Å². The first kappa shape index (κ1) is 19.9. The van der Waals surface area contributed by atoms with Crippen LogP contribution in [0.3, 0.4) is 0 Å². The molecule has 0 fully saturated rings. The molecule has 0 radical (unpaired) electrons. The predicted octanol–water partition coefficient (Wildman–Crippen LogP) is 3.01. The molecular formula is C21H24O5. The molecule has 0 bridgehead atoms. The van der Waals surface area contributed by atoms with Crippen molar-refractivity contribution in [3.05, 3.63) is 60.7 Å². The molecule has 2 rings (SSSR count). The van der Waals surface area contributed by atoms with E-state index >= 15 is 0 Å². The van der Waals surface area contributed by atoms with Gasteiger partial charge in [-0.05, 0) is 11.6 Å². The van der Waals surface area contributed by atoms with Gasteiger partial charge < -0.3 is 18.9 Å². The normalized spacial score (nSPS) is 21.7. The van der Waals surface area contributed by atoms with Crippen molar-refractivity contribution in [2.45, 2.75) is 37.9 Å².